The second-order valence-corrected chi connectivity index (χ2v) is 6.52. The minimum Gasteiger partial charge on any atom is -0.454 e. The molecule has 27 heavy (non-hydrogen) atoms. The van der Waals surface area contributed by atoms with Gasteiger partial charge in [-0.15, -0.1) is 0 Å². The highest BCUT2D eigenvalue weighted by Crippen LogP contribution is 2.39. The van der Waals surface area contributed by atoms with E-state index in [4.69, 9.17) is 4.74 Å². The Morgan fingerprint density at radius 3 is 2.07 bits per heavy atom. The van der Waals surface area contributed by atoms with E-state index < -0.39 is 18.2 Å². The molecule has 0 saturated carbocycles. The molecule has 0 fully saturated rings. The first-order valence-corrected chi connectivity index (χ1v) is 8.79. The zero-order valence-corrected chi connectivity index (χ0v) is 14.5. The van der Waals surface area contributed by atoms with Crippen molar-refractivity contribution >= 4 is 11.8 Å². The average Bonchev–Trinajstić information content (AvgIpc) is 2.79. The van der Waals surface area contributed by atoms with Crippen molar-refractivity contribution in [1.82, 2.24) is 0 Å². The summed E-state index contributed by atoms with van der Waals surface area (Å²) in [6.45, 7) is 0. The molecule has 0 unspecified atom stereocenters. The number of ketones is 1. The quantitative estimate of drug-likeness (QED) is 0.724. The van der Waals surface area contributed by atoms with Crippen molar-refractivity contribution in [1.29, 1.82) is 0 Å². The van der Waals surface area contributed by atoms with Gasteiger partial charge in [-0.25, -0.2) is 0 Å². The van der Waals surface area contributed by atoms with E-state index in [9.17, 15) is 14.7 Å². The Morgan fingerprint density at radius 1 is 0.815 bits per heavy atom. The molecule has 0 radical (unpaired) electrons. The Balaban J connectivity index is 1.71. The normalized spacial score (nSPS) is 18.2. The van der Waals surface area contributed by atoms with E-state index in [1.165, 1.54) is 0 Å². The molecule has 2 atom stereocenters. The number of rotatable bonds is 3. The molecule has 1 N–H and O–H groups in total. The molecule has 0 aromatic heterocycles. The minimum atomic E-state index is -1.12. The number of ether oxygens (including phenoxy) is 1. The summed E-state index contributed by atoms with van der Waals surface area (Å²) in [6.07, 6.45) is -1.96. The summed E-state index contributed by atoms with van der Waals surface area (Å²) in [4.78, 5) is 25.5. The summed E-state index contributed by atoms with van der Waals surface area (Å²) < 4.78 is 5.68. The highest BCUT2D eigenvalue weighted by Gasteiger charge is 2.36. The monoisotopic (exact) mass is 358 g/mol. The molecule has 0 bridgehead atoms. The third-order valence-corrected chi connectivity index (χ3v) is 4.77. The highest BCUT2D eigenvalue weighted by molar-refractivity contribution is 6.11. The summed E-state index contributed by atoms with van der Waals surface area (Å²) in [6, 6.07) is 23.1. The van der Waals surface area contributed by atoms with Crippen molar-refractivity contribution in [3.63, 3.8) is 0 Å². The van der Waals surface area contributed by atoms with Crippen LogP contribution in [0.25, 0.3) is 0 Å². The van der Waals surface area contributed by atoms with Gasteiger partial charge in [-0.3, -0.25) is 9.59 Å². The maximum absolute atomic E-state index is 12.9. The molecule has 3 aromatic carbocycles. The Bertz CT molecular complexity index is 994. The lowest BCUT2D eigenvalue weighted by Crippen LogP contribution is -2.20. The second kappa shape index (κ2) is 7.17. The second-order valence-electron chi connectivity index (χ2n) is 6.52. The first-order chi connectivity index (χ1) is 13.1. The van der Waals surface area contributed by atoms with E-state index in [1.807, 2.05) is 30.3 Å². The van der Waals surface area contributed by atoms with Crippen LogP contribution in [0.3, 0.4) is 0 Å². The zero-order chi connectivity index (χ0) is 18.8. The number of hydrogen-bond donors (Lipinski definition) is 1. The Labute approximate surface area is 157 Å². The third-order valence-electron chi connectivity index (χ3n) is 4.77. The van der Waals surface area contributed by atoms with Gasteiger partial charge in [-0.1, -0.05) is 78.9 Å². The number of aliphatic hydroxyl groups is 1. The van der Waals surface area contributed by atoms with Gasteiger partial charge in [0.15, 0.2) is 11.9 Å². The van der Waals surface area contributed by atoms with Gasteiger partial charge >= 0.3 is 5.97 Å². The van der Waals surface area contributed by atoms with Crippen LogP contribution in [0, 0.1) is 0 Å². The number of hydrogen-bond acceptors (Lipinski definition) is 4. The summed E-state index contributed by atoms with van der Waals surface area (Å²) >= 11 is 0. The number of benzene rings is 3. The van der Waals surface area contributed by atoms with Crippen molar-refractivity contribution < 1.29 is 19.4 Å². The van der Waals surface area contributed by atoms with E-state index in [2.05, 4.69) is 0 Å². The maximum Gasteiger partial charge on any atom is 0.310 e. The lowest BCUT2D eigenvalue weighted by Gasteiger charge is -2.23. The average molecular weight is 358 g/mol. The van der Waals surface area contributed by atoms with Crippen LogP contribution >= 0.6 is 0 Å². The van der Waals surface area contributed by atoms with E-state index in [0.29, 0.717) is 22.3 Å². The van der Waals surface area contributed by atoms with Crippen LogP contribution in [0.2, 0.25) is 0 Å². The molecule has 1 aliphatic rings. The Kier molecular flexibility index (Phi) is 4.57. The molecule has 0 heterocycles. The molecule has 134 valence electrons. The first-order valence-electron chi connectivity index (χ1n) is 8.79. The van der Waals surface area contributed by atoms with Gasteiger partial charge in [-0.05, 0) is 11.1 Å². The highest BCUT2D eigenvalue weighted by atomic mass is 16.6. The summed E-state index contributed by atoms with van der Waals surface area (Å²) in [5.74, 6) is -0.631. The van der Waals surface area contributed by atoms with Gasteiger partial charge in [0.25, 0.3) is 0 Å². The summed E-state index contributed by atoms with van der Waals surface area (Å²) in [7, 11) is 0. The van der Waals surface area contributed by atoms with Gasteiger partial charge in [0, 0.05) is 16.7 Å². The van der Waals surface area contributed by atoms with Crippen LogP contribution in [-0.4, -0.2) is 16.9 Å². The topological polar surface area (TPSA) is 63.6 Å². The molecule has 0 saturated heterocycles. The van der Waals surface area contributed by atoms with Crippen molar-refractivity contribution in [2.24, 2.45) is 0 Å². The van der Waals surface area contributed by atoms with Crippen molar-refractivity contribution in [3.8, 4) is 0 Å². The van der Waals surface area contributed by atoms with Crippen LogP contribution < -0.4 is 0 Å². The Morgan fingerprint density at radius 2 is 1.37 bits per heavy atom. The van der Waals surface area contributed by atoms with Gasteiger partial charge in [0.1, 0.15) is 6.10 Å². The predicted octanol–water partition coefficient (Wildman–Crippen LogP) is 3.79. The number of carbonyl (C=O) groups excluding carboxylic acids is 2. The minimum absolute atomic E-state index is 0.0990. The number of aliphatic hydroxyl groups excluding tert-OH is 1. The summed E-state index contributed by atoms with van der Waals surface area (Å²) in [5, 5.41) is 11.0. The van der Waals surface area contributed by atoms with E-state index >= 15 is 0 Å². The number of carbonyl (C=O) groups is 2. The third kappa shape index (κ3) is 3.27. The van der Waals surface area contributed by atoms with Crippen molar-refractivity contribution in [3.05, 3.63) is 107 Å². The van der Waals surface area contributed by atoms with E-state index in [0.717, 1.165) is 5.56 Å². The van der Waals surface area contributed by atoms with E-state index in [1.54, 1.807) is 48.5 Å². The molecule has 4 nitrogen and oxygen atoms in total. The van der Waals surface area contributed by atoms with Crippen LogP contribution in [0.5, 0.6) is 0 Å². The van der Waals surface area contributed by atoms with Crippen molar-refractivity contribution in [2.45, 2.75) is 18.6 Å². The number of esters is 1. The molecule has 0 spiro atoms. The van der Waals surface area contributed by atoms with E-state index in [-0.39, 0.29) is 12.2 Å². The molecule has 0 aliphatic heterocycles. The van der Waals surface area contributed by atoms with Crippen LogP contribution in [0.15, 0.2) is 78.9 Å². The van der Waals surface area contributed by atoms with Crippen LogP contribution in [0.4, 0.5) is 0 Å². The lowest BCUT2D eigenvalue weighted by molar-refractivity contribution is -0.155. The fourth-order valence-electron chi connectivity index (χ4n) is 3.47. The molecule has 1 aliphatic carbocycles. The summed E-state index contributed by atoms with van der Waals surface area (Å²) in [5.41, 5.74) is 2.69. The fraction of sp³-hybridized carbons (Fsp3) is 0.130. The first kappa shape index (κ1) is 17.2. The zero-order valence-electron chi connectivity index (χ0n) is 14.5. The molecule has 0 amide bonds. The lowest BCUT2D eigenvalue weighted by atomic mass is 9.98. The standard InChI is InChI=1S/C23H18O4/c24-20(14-15-8-2-1-3-9-15)27-23-19-13-7-6-12-18(19)21(25)16-10-4-5-11-17(16)22(23)26/h1-13,22-23,26H,14H2/t22-,23-/m0/s1. The largest absolute Gasteiger partial charge is 0.454 e. The Hall–Kier alpha value is -3.24. The fourth-order valence-corrected chi connectivity index (χ4v) is 3.47. The maximum atomic E-state index is 12.9. The molecular formula is C23H18O4. The molecular weight excluding hydrogens is 340 g/mol. The molecule has 3 aromatic rings. The van der Waals surface area contributed by atoms with Crippen molar-refractivity contribution in [2.75, 3.05) is 0 Å². The smallest absolute Gasteiger partial charge is 0.310 e. The van der Waals surface area contributed by atoms with Crippen LogP contribution in [-0.2, 0) is 16.0 Å². The van der Waals surface area contributed by atoms with Gasteiger partial charge < -0.3 is 9.84 Å². The van der Waals surface area contributed by atoms with Gasteiger partial charge in [-0.2, -0.15) is 0 Å². The molecule has 4 heteroatoms. The number of fused-ring (bicyclic) bond motifs is 2. The SMILES string of the molecule is O=C(Cc1ccccc1)O[C@H]1c2ccccc2C(=O)c2ccccc2[C@@H]1O. The van der Waals surface area contributed by atoms with Crippen LogP contribution in [0.1, 0.15) is 44.8 Å². The molecule has 4 rings (SSSR count). The van der Waals surface area contributed by atoms with Gasteiger partial charge in [0.2, 0.25) is 0 Å². The predicted molar refractivity (Wildman–Crippen MR) is 100 cm³/mol. The van der Waals surface area contributed by atoms with Gasteiger partial charge in [0.05, 0.1) is 6.42 Å².